The van der Waals surface area contributed by atoms with Crippen molar-refractivity contribution in [2.24, 2.45) is 7.05 Å². The smallest absolute Gasteiger partial charge is 0.240 e. The zero-order chi connectivity index (χ0) is 18.7. The number of rotatable bonds is 6. The fraction of sp³-hybridized carbons (Fsp3) is 0.222. The van der Waals surface area contributed by atoms with Crippen molar-refractivity contribution in [2.75, 3.05) is 7.11 Å². The number of nitrogens with zero attached hydrogens (tertiary/aromatic N) is 3. The molecule has 8 heteroatoms. The van der Waals surface area contributed by atoms with Gasteiger partial charge < -0.3 is 4.74 Å². The quantitative estimate of drug-likeness (QED) is 0.717. The molecule has 26 heavy (non-hydrogen) atoms. The lowest BCUT2D eigenvalue weighted by Gasteiger charge is -2.10. The summed E-state index contributed by atoms with van der Waals surface area (Å²) in [6.45, 7) is 1.96. The molecule has 3 aromatic rings. The first-order valence-electron chi connectivity index (χ1n) is 7.97. The van der Waals surface area contributed by atoms with E-state index in [4.69, 9.17) is 4.74 Å². The molecule has 3 rings (SSSR count). The molecular weight excluding hydrogens is 352 g/mol. The number of benzene rings is 1. The Balaban J connectivity index is 1.70. The van der Waals surface area contributed by atoms with Crippen molar-refractivity contribution < 1.29 is 13.2 Å². The lowest BCUT2D eigenvalue weighted by molar-refractivity contribution is 0.411. The fourth-order valence-corrected chi connectivity index (χ4v) is 3.64. The fourth-order valence-electron chi connectivity index (χ4n) is 2.53. The standard InChI is InChI=1S/C18H20N4O3S/c1-13-8-16(5-7-18(13)25-3)26(23,24)21-10-14-4-6-17(19-9-14)15-11-20-22(2)12-15/h4-9,11-12,21H,10H2,1-3H3. The SMILES string of the molecule is COc1ccc(S(=O)(=O)NCc2ccc(-c3cnn(C)c3)nc2)cc1C. The summed E-state index contributed by atoms with van der Waals surface area (Å²) in [7, 11) is -0.218. The molecule has 0 aliphatic heterocycles. The van der Waals surface area contributed by atoms with Crippen LogP contribution in [-0.2, 0) is 23.6 Å². The van der Waals surface area contributed by atoms with Crippen LogP contribution in [0.25, 0.3) is 11.3 Å². The van der Waals surface area contributed by atoms with Gasteiger partial charge in [0.15, 0.2) is 0 Å². The highest BCUT2D eigenvalue weighted by Gasteiger charge is 2.15. The van der Waals surface area contributed by atoms with Crippen LogP contribution in [0.2, 0.25) is 0 Å². The Morgan fingerprint density at radius 3 is 2.58 bits per heavy atom. The van der Waals surface area contributed by atoms with Crippen LogP contribution in [0.5, 0.6) is 5.75 Å². The van der Waals surface area contributed by atoms with Gasteiger partial charge in [-0.2, -0.15) is 5.10 Å². The summed E-state index contributed by atoms with van der Waals surface area (Å²) in [5.41, 5.74) is 3.23. The molecule has 0 bridgehead atoms. The molecule has 0 unspecified atom stereocenters. The number of ether oxygens (including phenoxy) is 1. The van der Waals surface area contributed by atoms with Crippen molar-refractivity contribution in [3.05, 3.63) is 60.0 Å². The molecule has 0 atom stereocenters. The molecule has 0 spiro atoms. The van der Waals surface area contributed by atoms with Crippen molar-refractivity contribution >= 4 is 10.0 Å². The van der Waals surface area contributed by atoms with Crippen LogP contribution in [0.4, 0.5) is 0 Å². The number of aromatic nitrogens is 3. The molecule has 2 heterocycles. The second kappa shape index (κ2) is 7.27. The summed E-state index contributed by atoms with van der Waals surface area (Å²) >= 11 is 0. The lowest BCUT2D eigenvalue weighted by atomic mass is 10.2. The lowest BCUT2D eigenvalue weighted by Crippen LogP contribution is -2.23. The normalized spacial score (nSPS) is 11.5. The average molecular weight is 372 g/mol. The summed E-state index contributed by atoms with van der Waals surface area (Å²) in [5.74, 6) is 0.652. The Morgan fingerprint density at radius 2 is 2.00 bits per heavy atom. The third-order valence-corrected chi connectivity index (χ3v) is 5.37. The minimum atomic E-state index is -3.61. The highest BCUT2D eigenvalue weighted by Crippen LogP contribution is 2.21. The van der Waals surface area contributed by atoms with E-state index in [0.717, 1.165) is 22.4 Å². The number of hydrogen-bond acceptors (Lipinski definition) is 5. The van der Waals surface area contributed by atoms with E-state index >= 15 is 0 Å². The van der Waals surface area contributed by atoms with Gasteiger partial charge in [-0.3, -0.25) is 9.67 Å². The average Bonchev–Trinajstić information content (AvgIpc) is 3.07. The molecule has 0 radical (unpaired) electrons. The van der Waals surface area contributed by atoms with Crippen molar-refractivity contribution in [1.82, 2.24) is 19.5 Å². The van der Waals surface area contributed by atoms with Gasteiger partial charge in [0.05, 0.1) is 23.9 Å². The molecule has 0 saturated carbocycles. The van der Waals surface area contributed by atoms with Crippen LogP contribution >= 0.6 is 0 Å². The Hall–Kier alpha value is -2.71. The van der Waals surface area contributed by atoms with Crippen LogP contribution in [0.1, 0.15) is 11.1 Å². The van der Waals surface area contributed by atoms with Gasteiger partial charge in [-0.1, -0.05) is 6.07 Å². The Bertz CT molecular complexity index is 1010. The first-order valence-corrected chi connectivity index (χ1v) is 9.45. The van der Waals surface area contributed by atoms with E-state index in [2.05, 4.69) is 14.8 Å². The largest absolute Gasteiger partial charge is 0.496 e. The summed E-state index contributed by atoms with van der Waals surface area (Å²) in [4.78, 5) is 4.57. The number of aryl methyl sites for hydroxylation is 2. The van der Waals surface area contributed by atoms with Gasteiger partial charge in [-0.25, -0.2) is 13.1 Å². The predicted octanol–water partition coefficient (Wildman–Crippen LogP) is 2.28. The van der Waals surface area contributed by atoms with Crippen molar-refractivity contribution in [2.45, 2.75) is 18.4 Å². The minimum Gasteiger partial charge on any atom is -0.496 e. The minimum absolute atomic E-state index is 0.160. The van der Waals surface area contributed by atoms with Crippen molar-refractivity contribution in [3.63, 3.8) is 0 Å². The van der Waals surface area contributed by atoms with Gasteiger partial charge in [0, 0.05) is 31.5 Å². The summed E-state index contributed by atoms with van der Waals surface area (Å²) in [6.07, 6.45) is 5.26. The second-order valence-electron chi connectivity index (χ2n) is 5.91. The summed E-state index contributed by atoms with van der Waals surface area (Å²) in [5, 5.41) is 4.11. The molecule has 7 nitrogen and oxygen atoms in total. The number of nitrogens with one attached hydrogen (secondary N) is 1. The first-order chi connectivity index (χ1) is 12.4. The van der Waals surface area contributed by atoms with Gasteiger partial charge in [0.2, 0.25) is 10.0 Å². The number of pyridine rings is 1. The molecule has 0 fully saturated rings. The zero-order valence-electron chi connectivity index (χ0n) is 14.8. The van der Waals surface area contributed by atoms with Gasteiger partial charge in [-0.15, -0.1) is 0 Å². The van der Waals surface area contributed by atoms with Crippen LogP contribution in [0.15, 0.2) is 53.8 Å². The highest BCUT2D eigenvalue weighted by molar-refractivity contribution is 7.89. The maximum Gasteiger partial charge on any atom is 0.240 e. The summed E-state index contributed by atoms with van der Waals surface area (Å²) in [6, 6.07) is 8.45. The third-order valence-electron chi connectivity index (χ3n) is 3.97. The molecule has 136 valence electrons. The second-order valence-corrected chi connectivity index (χ2v) is 7.68. The Kier molecular flexibility index (Phi) is 5.06. The Morgan fingerprint density at radius 1 is 1.19 bits per heavy atom. The molecule has 1 N–H and O–H groups in total. The van der Waals surface area contributed by atoms with Crippen LogP contribution in [0, 0.1) is 6.92 Å². The molecule has 0 amide bonds. The van der Waals surface area contributed by atoms with E-state index in [1.54, 1.807) is 43.2 Å². The maximum absolute atomic E-state index is 12.5. The van der Waals surface area contributed by atoms with E-state index in [0.29, 0.717) is 5.75 Å². The first kappa shape index (κ1) is 18.1. The van der Waals surface area contributed by atoms with E-state index < -0.39 is 10.0 Å². The third kappa shape index (κ3) is 3.92. The van der Waals surface area contributed by atoms with Crippen molar-refractivity contribution in [3.8, 4) is 17.0 Å². The zero-order valence-corrected chi connectivity index (χ0v) is 15.6. The predicted molar refractivity (Wildman–Crippen MR) is 98.2 cm³/mol. The monoisotopic (exact) mass is 372 g/mol. The van der Waals surface area contributed by atoms with E-state index in [1.165, 1.54) is 6.07 Å². The molecule has 0 aliphatic carbocycles. The molecule has 0 saturated heterocycles. The van der Waals surface area contributed by atoms with Gasteiger partial charge in [0.25, 0.3) is 0 Å². The van der Waals surface area contributed by atoms with Gasteiger partial charge in [0.1, 0.15) is 5.75 Å². The van der Waals surface area contributed by atoms with Crippen LogP contribution in [0.3, 0.4) is 0 Å². The number of hydrogen-bond donors (Lipinski definition) is 1. The van der Waals surface area contributed by atoms with Crippen LogP contribution in [-0.4, -0.2) is 30.3 Å². The van der Waals surface area contributed by atoms with Gasteiger partial charge >= 0.3 is 0 Å². The topological polar surface area (TPSA) is 86.1 Å². The number of methoxy groups -OCH3 is 1. The van der Waals surface area contributed by atoms with Gasteiger partial charge in [-0.05, 0) is 42.3 Å². The van der Waals surface area contributed by atoms with E-state index in [-0.39, 0.29) is 11.4 Å². The van der Waals surface area contributed by atoms with Crippen LogP contribution < -0.4 is 9.46 Å². The molecule has 1 aromatic carbocycles. The molecule has 0 aliphatic rings. The summed E-state index contributed by atoms with van der Waals surface area (Å²) < 4.78 is 34.4. The molecular formula is C18H20N4O3S. The van der Waals surface area contributed by atoms with E-state index in [9.17, 15) is 8.42 Å². The molecule has 2 aromatic heterocycles. The highest BCUT2D eigenvalue weighted by atomic mass is 32.2. The maximum atomic E-state index is 12.5. The van der Waals surface area contributed by atoms with Crippen molar-refractivity contribution in [1.29, 1.82) is 0 Å². The Labute approximate surface area is 152 Å². The number of sulfonamides is 1. The van der Waals surface area contributed by atoms with E-state index in [1.807, 2.05) is 25.4 Å².